The summed E-state index contributed by atoms with van der Waals surface area (Å²) >= 11 is 0. The Morgan fingerprint density at radius 3 is 1.25 bits per heavy atom. The minimum Gasteiger partial charge on any atom is -0.310 e. The standard InChI is InChI=1S/C51H43N/c1-49(2)39-26-16-13-23-35(39)36-30-29-32(31-42(36)49)43-44-37-24-14-17-27-40(37)50(3,4)46(44)48(47-45(43)38-25-15-18-28-41(38)51(47,5)6)52(33-19-9-7-10-20-33)34-21-11-8-12-22-34/h7-31H,1-6H3. The Labute approximate surface area is 308 Å². The molecule has 0 saturated carbocycles. The van der Waals surface area contributed by atoms with E-state index in [4.69, 9.17) is 0 Å². The predicted molar refractivity (Wildman–Crippen MR) is 219 cm³/mol. The molecule has 0 aromatic heterocycles. The van der Waals surface area contributed by atoms with E-state index in [-0.39, 0.29) is 16.2 Å². The summed E-state index contributed by atoms with van der Waals surface area (Å²) in [6.45, 7) is 14.6. The summed E-state index contributed by atoms with van der Waals surface area (Å²) in [7, 11) is 0. The molecule has 52 heavy (non-hydrogen) atoms. The monoisotopic (exact) mass is 669 g/mol. The van der Waals surface area contributed by atoms with Gasteiger partial charge in [0.1, 0.15) is 0 Å². The van der Waals surface area contributed by atoms with E-state index in [9.17, 15) is 0 Å². The lowest BCUT2D eigenvalue weighted by molar-refractivity contribution is 0.640. The van der Waals surface area contributed by atoms with E-state index in [0.717, 1.165) is 0 Å². The lowest BCUT2D eigenvalue weighted by Crippen LogP contribution is -2.26. The fourth-order valence-electron chi connectivity index (χ4n) is 10.2. The van der Waals surface area contributed by atoms with Gasteiger partial charge >= 0.3 is 0 Å². The van der Waals surface area contributed by atoms with E-state index < -0.39 is 0 Å². The first-order chi connectivity index (χ1) is 25.1. The highest BCUT2D eigenvalue weighted by molar-refractivity contribution is 6.10. The first kappa shape index (κ1) is 31.1. The number of benzene rings is 7. The molecule has 1 nitrogen and oxygen atoms in total. The second kappa shape index (κ2) is 10.7. The molecule has 0 atom stereocenters. The van der Waals surface area contributed by atoms with Crippen LogP contribution in [0.25, 0.3) is 44.5 Å². The van der Waals surface area contributed by atoms with Gasteiger partial charge in [-0.15, -0.1) is 0 Å². The largest absolute Gasteiger partial charge is 0.310 e. The molecule has 0 N–H and O–H groups in total. The summed E-state index contributed by atoms with van der Waals surface area (Å²) in [6, 6.07) is 56.7. The number of para-hydroxylation sites is 2. The number of anilines is 3. The van der Waals surface area contributed by atoms with Crippen molar-refractivity contribution in [2.24, 2.45) is 0 Å². The average Bonchev–Trinajstić information content (AvgIpc) is 3.66. The first-order valence-corrected chi connectivity index (χ1v) is 18.7. The molecule has 0 unspecified atom stereocenters. The third-order valence-electron chi connectivity index (χ3n) is 12.6. The zero-order valence-corrected chi connectivity index (χ0v) is 30.9. The van der Waals surface area contributed by atoms with Crippen LogP contribution in [0, 0.1) is 0 Å². The quantitative estimate of drug-likeness (QED) is 0.180. The van der Waals surface area contributed by atoms with Crippen LogP contribution in [-0.2, 0) is 16.2 Å². The second-order valence-electron chi connectivity index (χ2n) is 16.5. The van der Waals surface area contributed by atoms with Gasteiger partial charge in [0.15, 0.2) is 0 Å². The van der Waals surface area contributed by atoms with Crippen LogP contribution in [0.2, 0.25) is 0 Å². The van der Waals surface area contributed by atoms with E-state index in [1.54, 1.807) is 0 Å². The second-order valence-corrected chi connectivity index (χ2v) is 16.5. The van der Waals surface area contributed by atoms with Crippen LogP contribution >= 0.6 is 0 Å². The molecule has 3 aliphatic carbocycles. The van der Waals surface area contributed by atoms with Gasteiger partial charge in [0.2, 0.25) is 0 Å². The van der Waals surface area contributed by atoms with Gasteiger partial charge in [0.05, 0.1) is 5.69 Å². The van der Waals surface area contributed by atoms with Crippen LogP contribution in [0.15, 0.2) is 152 Å². The van der Waals surface area contributed by atoms with E-state index in [1.165, 1.54) is 95.0 Å². The molecule has 0 saturated heterocycles. The van der Waals surface area contributed by atoms with Crippen molar-refractivity contribution in [3.05, 3.63) is 185 Å². The molecule has 0 bridgehead atoms. The van der Waals surface area contributed by atoms with E-state index in [2.05, 4.69) is 198 Å². The molecule has 1 heteroatoms. The minimum atomic E-state index is -0.260. The van der Waals surface area contributed by atoms with Gasteiger partial charge < -0.3 is 4.90 Å². The molecular formula is C51H43N. The number of nitrogens with zero attached hydrogens (tertiary/aromatic N) is 1. The predicted octanol–water partition coefficient (Wildman–Crippen LogP) is 13.7. The smallest absolute Gasteiger partial charge is 0.0556 e. The zero-order valence-electron chi connectivity index (χ0n) is 30.9. The SMILES string of the molecule is CC1(C)c2ccccc2-c2ccc(-c3c4c(c(N(c5ccccc5)c5ccccc5)c5c3-c3ccccc3C5(C)C)C(C)(C)c3ccccc3-4)cc21. The molecule has 0 aliphatic heterocycles. The zero-order chi connectivity index (χ0) is 35.6. The Morgan fingerprint density at radius 1 is 0.346 bits per heavy atom. The molecule has 0 heterocycles. The Hall–Kier alpha value is -5.66. The van der Waals surface area contributed by atoms with Crippen molar-refractivity contribution >= 4 is 17.1 Å². The van der Waals surface area contributed by atoms with Gasteiger partial charge in [-0.25, -0.2) is 0 Å². The molecule has 0 spiro atoms. The maximum atomic E-state index is 2.56. The number of rotatable bonds is 4. The van der Waals surface area contributed by atoms with E-state index >= 15 is 0 Å². The van der Waals surface area contributed by atoms with Crippen molar-refractivity contribution in [1.82, 2.24) is 0 Å². The van der Waals surface area contributed by atoms with Crippen molar-refractivity contribution in [3.63, 3.8) is 0 Å². The summed E-state index contributed by atoms with van der Waals surface area (Å²) < 4.78 is 0. The lowest BCUT2D eigenvalue weighted by Gasteiger charge is -2.38. The minimum absolute atomic E-state index is 0.0972. The van der Waals surface area contributed by atoms with Crippen LogP contribution in [0.4, 0.5) is 17.1 Å². The average molecular weight is 670 g/mol. The highest BCUT2D eigenvalue weighted by Gasteiger charge is 2.49. The third-order valence-corrected chi connectivity index (χ3v) is 12.6. The number of hydrogen-bond donors (Lipinski definition) is 0. The van der Waals surface area contributed by atoms with Crippen LogP contribution < -0.4 is 4.90 Å². The number of hydrogen-bond acceptors (Lipinski definition) is 1. The summed E-state index contributed by atoms with van der Waals surface area (Å²) in [5, 5.41) is 0. The van der Waals surface area contributed by atoms with Crippen molar-refractivity contribution < 1.29 is 0 Å². The Balaban J connectivity index is 1.41. The molecule has 7 aromatic rings. The van der Waals surface area contributed by atoms with Crippen LogP contribution in [0.1, 0.15) is 74.9 Å². The fraction of sp³-hybridized carbons (Fsp3) is 0.176. The topological polar surface area (TPSA) is 3.24 Å². The summed E-state index contributed by atoms with van der Waals surface area (Å²) in [4.78, 5) is 2.56. The lowest BCUT2D eigenvalue weighted by atomic mass is 9.73. The Kier molecular flexibility index (Phi) is 6.39. The van der Waals surface area contributed by atoms with Gasteiger partial charge in [-0.2, -0.15) is 0 Å². The van der Waals surface area contributed by atoms with Gasteiger partial charge in [-0.3, -0.25) is 0 Å². The molecule has 0 fully saturated rings. The normalized spacial score (nSPS) is 16.0. The van der Waals surface area contributed by atoms with Crippen LogP contribution in [0.3, 0.4) is 0 Å². The molecule has 252 valence electrons. The van der Waals surface area contributed by atoms with Crippen molar-refractivity contribution in [1.29, 1.82) is 0 Å². The third kappa shape index (κ3) is 4.00. The van der Waals surface area contributed by atoms with Crippen molar-refractivity contribution in [2.45, 2.75) is 57.8 Å². The summed E-state index contributed by atoms with van der Waals surface area (Å²) in [5.74, 6) is 0. The van der Waals surface area contributed by atoms with Gasteiger partial charge in [0.25, 0.3) is 0 Å². The summed E-state index contributed by atoms with van der Waals surface area (Å²) in [6.07, 6.45) is 0. The molecule has 3 aliphatic rings. The van der Waals surface area contributed by atoms with E-state index in [0.29, 0.717) is 0 Å². The Bertz CT molecular complexity index is 2460. The number of fused-ring (bicyclic) bond motifs is 9. The molecule has 10 rings (SSSR count). The molecule has 0 amide bonds. The highest BCUT2D eigenvalue weighted by Crippen LogP contribution is 2.66. The highest BCUT2D eigenvalue weighted by atomic mass is 15.2. The van der Waals surface area contributed by atoms with Crippen molar-refractivity contribution in [3.8, 4) is 44.5 Å². The van der Waals surface area contributed by atoms with Crippen LogP contribution in [-0.4, -0.2) is 0 Å². The molecule has 7 aromatic carbocycles. The fourth-order valence-corrected chi connectivity index (χ4v) is 10.2. The summed E-state index contributed by atoms with van der Waals surface area (Å²) in [5.41, 5.74) is 22.2. The maximum Gasteiger partial charge on any atom is 0.0556 e. The maximum absolute atomic E-state index is 2.56. The van der Waals surface area contributed by atoms with Crippen molar-refractivity contribution in [2.75, 3.05) is 4.90 Å². The molecular weight excluding hydrogens is 627 g/mol. The van der Waals surface area contributed by atoms with Gasteiger partial charge in [0, 0.05) is 27.6 Å². The first-order valence-electron chi connectivity index (χ1n) is 18.7. The Morgan fingerprint density at radius 2 is 0.750 bits per heavy atom. The van der Waals surface area contributed by atoms with Crippen LogP contribution in [0.5, 0.6) is 0 Å². The molecule has 0 radical (unpaired) electrons. The van der Waals surface area contributed by atoms with Gasteiger partial charge in [-0.1, -0.05) is 163 Å². The van der Waals surface area contributed by atoms with E-state index in [1.807, 2.05) is 0 Å². The van der Waals surface area contributed by atoms with Gasteiger partial charge in [-0.05, 0) is 108 Å².